The maximum Gasteiger partial charge on any atom is 0.244 e. The van der Waals surface area contributed by atoms with Gasteiger partial charge < -0.3 is 9.42 Å². The molecule has 0 aliphatic carbocycles. The summed E-state index contributed by atoms with van der Waals surface area (Å²) in [6, 6.07) is 14.2. The van der Waals surface area contributed by atoms with Gasteiger partial charge in [-0.2, -0.15) is 4.98 Å². The van der Waals surface area contributed by atoms with Crippen LogP contribution in [0.15, 0.2) is 58.4 Å². The second kappa shape index (κ2) is 8.52. The molecule has 5 rings (SSSR count). The largest absolute Gasteiger partial charge is 0.353 e. The molecule has 0 amide bonds. The SMILES string of the molecule is CC(c1nc(-c2cccs2)no1)N1CCN(c2ccc(-c3ccc(F)cc3)nn2)CC1. The standard InChI is InChI=1S/C22H21FN6OS/c1-15(22-24-21(27-30-22)19-3-2-14-31-19)28-10-12-29(13-11-28)20-9-8-18(25-26-20)16-4-6-17(23)7-5-16/h2-9,14-15H,10-13H2,1H3. The van der Waals surface area contributed by atoms with Crippen LogP contribution in [0.4, 0.5) is 10.2 Å². The van der Waals surface area contributed by atoms with Crippen molar-refractivity contribution in [2.75, 3.05) is 31.1 Å². The van der Waals surface area contributed by atoms with Crippen LogP contribution in [0.25, 0.3) is 22.0 Å². The van der Waals surface area contributed by atoms with Gasteiger partial charge in [-0.1, -0.05) is 11.2 Å². The number of aromatic nitrogens is 4. The molecule has 1 unspecified atom stereocenters. The van der Waals surface area contributed by atoms with Gasteiger partial charge >= 0.3 is 0 Å². The van der Waals surface area contributed by atoms with Gasteiger partial charge in [-0.15, -0.1) is 21.5 Å². The van der Waals surface area contributed by atoms with Crippen LogP contribution in [0, 0.1) is 5.82 Å². The van der Waals surface area contributed by atoms with E-state index in [0.29, 0.717) is 11.7 Å². The number of piperazine rings is 1. The third-order valence-electron chi connectivity index (χ3n) is 5.52. The molecular formula is C22H21FN6OS. The molecule has 1 aliphatic heterocycles. The van der Waals surface area contributed by atoms with Gasteiger partial charge in [0.1, 0.15) is 5.82 Å². The van der Waals surface area contributed by atoms with Gasteiger partial charge in [0.15, 0.2) is 5.82 Å². The van der Waals surface area contributed by atoms with Crippen molar-refractivity contribution in [3.63, 3.8) is 0 Å². The first kappa shape index (κ1) is 19.8. The summed E-state index contributed by atoms with van der Waals surface area (Å²) in [5.41, 5.74) is 1.58. The molecule has 0 radical (unpaired) electrons. The Hall–Kier alpha value is -3.17. The fourth-order valence-corrected chi connectivity index (χ4v) is 4.32. The Morgan fingerprint density at radius 1 is 1.00 bits per heavy atom. The molecule has 1 aromatic carbocycles. The second-order valence-electron chi connectivity index (χ2n) is 7.42. The van der Waals surface area contributed by atoms with Crippen LogP contribution >= 0.6 is 11.3 Å². The zero-order valence-corrected chi connectivity index (χ0v) is 17.8. The van der Waals surface area contributed by atoms with Crippen molar-refractivity contribution in [2.45, 2.75) is 13.0 Å². The molecule has 1 aliphatic rings. The molecular weight excluding hydrogens is 415 g/mol. The highest BCUT2D eigenvalue weighted by Gasteiger charge is 2.26. The van der Waals surface area contributed by atoms with Crippen LogP contribution < -0.4 is 4.90 Å². The van der Waals surface area contributed by atoms with Crippen LogP contribution in [0.2, 0.25) is 0 Å². The topological polar surface area (TPSA) is 71.2 Å². The van der Waals surface area contributed by atoms with E-state index in [0.717, 1.165) is 48.1 Å². The van der Waals surface area contributed by atoms with E-state index in [1.165, 1.54) is 12.1 Å². The van der Waals surface area contributed by atoms with Gasteiger partial charge in [-0.25, -0.2) is 4.39 Å². The summed E-state index contributed by atoms with van der Waals surface area (Å²) >= 11 is 1.60. The quantitative estimate of drug-likeness (QED) is 0.462. The van der Waals surface area contributed by atoms with Crippen molar-refractivity contribution >= 4 is 17.2 Å². The van der Waals surface area contributed by atoms with Crippen LogP contribution in [-0.2, 0) is 0 Å². The van der Waals surface area contributed by atoms with Crippen LogP contribution in [0.5, 0.6) is 0 Å². The highest BCUT2D eigenvalue weighted by atomic mass is 32.1. The van der Waals surface area contributed by atoms with Crippen LogP contribution in [0.1, 0.15) is 18.9 Å². The van der Waals surface area contributed by atoms with Gasteiger partial charge in [0.25, 0.3) is 0 Å². The molecule has 158 valence electrons. The lowest BCUT2D eigenvalue weighted by Gasteiger charge is -2.37. The van der Waals surface area contributed by atoms with E-state index in [2.05, 4.69) is 37.1 Å². The van der Waals surface area contributed by atoms with Crippen LogP contribution in [0.3, 0.4) is 0 Å². The third kappa shape index (κ3) is 4.19. The predicted molar refractivity (Wildman–Crippen MR) is 117 cm³/mol. The summed E-state index contributed by atoms with van der Waals surface area (Å²) in [5, 5.41) is 14.8. The Morgan fingerprint density at radius 2 is 1.81 bits per heavy atom. The average molecular weight is 437 g/mol. The molecule has 1 atom stereocenters. The number of nitrogens with zero attached hydrogens (tertiary/aromatic N) is 6. The number of hydrogen-bond acceptors (Lipinski definition) is 8. The van der Waals surface area contributed by atoms with Crippen LogP contribution in [-0.4, -0.2) is 51.4 Å². The van der Waals surface area contributed by atoms with Crippen molar-refractivity contribution in [3.8, 4) is 22.0 Å². The van der Waals surface area contributed by atoms with E-state index in [4.69, 9.17) is 4.52 Å². The maximum atomic E-state index is 13.1. The summed E-state index contributed by atoms with van der Waals surface area (Å²) in [5.74, 6) is 1.87. The molecule has 0 saturated carbocycles. The molecule has 0 spiro atoms. The minimum atomic E-state index is -0.260. The fourth-order valence-electron chi connectivity index (χ4n) is 3.67. The normalized spacial score (nSPS) is 15.9. The van der Waals surface area contributed by atoms with Crippen molar-refractivity contribution < 1.29 is 8.91 Å². The summed E-state index contributed by atoms with van der Waals surface area (Å²) in [6.07, 6.45) is 0. The highest BCUT2D eigenvalue weighted by Crippen LogP contribution is 2.27. The van der Waals surface area contributed by atoms with E-state index in [-0.39, 0.29) is 11.9 Å². The van der Waals surface area contributed by atoms with Gasteiger partial charge in [0.2, 0.25) is 11.7 Å². The molecule has 9 heteroatoms. The average Bonchev–Trinajstić information content (AvgIpc) is 3.52. The summed E-state index contributed by atoms with van der Waals surface area (Å²) < 4.78 is 18.6. The monoisotopic (exact) mass is 436 g/mol. The molecule has 1 fully saturated rings. The van der Waals surface area contributed by atoms with E-state index in [9.17, 15) is 4.39 Å². The predicted octanol–water partition coefficient (Wildman–Crippen LogP) is 4.28. The van der Waals surface area contributed by atoms with Gasteiger partial charge in [0.05, 0.1) is 16.6 Å². The number of thiophene rings is 1. The van der Waals surface area contributed by atoms with Crippen molar-refractivity contribution in [1.82, 2.24) is 25.2 Å². The summed E-state index contributed by atoms with van der Waals surface area (Å²) in [4.78, 5) is 10.1. The maximum absolute atomic E-state index is 13.1. The van der Waals surface area contributed by atoms with Gasteiger partial charge in [0, 0.05) is 31.7 Å². The first-order chi connectivity index (χ1) is 15.2. The van der Waals surface area contributed by atoms with Gasteiger partial charge in [-0.05, 0) is 54.8 Å². The minimum Gasteiger partial charge on any atom is -0.353 e. The number of rotatable bonds is 5. The van der Waals surface area contributed by atoms with E-state index in [1.807, 2.05) is 29.6 Å². The minimum absolute atomic E-state index is 0.0512. The molecule has 31 heavy (non-hydrogen) atoms. The number of benzene rings is 1. The molecule has 1 saturated heterocycles. The molecule has 4 aromatic rings. The smallest absolute Gasteiger partial charge is 0.244 e. The summed E-state index contributed by atoms with van der Waals surface area (Å²) in [6.45, 7) is 5.49. The molecule has 7 nitrogen and oxygen atoms in total. The number of anilines is 1. The lowest BCUT2D eigenvalue weighted by molar-refractivity contribution is 0.164. The Bertz CT molecular complexity index is 1120. The Balaban J connectivity index is 1.20. The summed E-state index contributed by atoms with van der Waals surface area (Å²) in [7, 11) is 0. The zero-order valence-electron chi connectivity index (χ0n) is 17.0. The molecule has 3 aromatic heterocycles. The lowest BCUT2D eigenvalue weighted by Crippen LogP contribution is -2.47. The molecule has 0 N–H and O–H groups in total. The highest BCUT2D eigenvalue weighted by molar-refractivity contribution is 7.13. The van der Waals surface area contributed by atoms with Gasteiger partial charge in [-0.3, -0.25) is 4.90 Å². The molecule has 0 bridgehead atoms. The Labute approximate surface area is 183 Å². The van der Waals surface area contributed by atoms with Crippen molar-refractivity contribution in [1.29, 1.82) is 0 Å². The van der Waals surface area contributed by atoms with E-state index >= 15 is 0 Å². The third-order valence-corrected chi connectivity index (χ3v) is 6.38. The Kier molecular flexibility index (Phi) is 5.44. The zero-order chi connectivity index (χ0) is 21.2. The van der Waals surface area contributed by atoms with E-state index in [1.54, 1.807) is 23.5 Å². The fraction of sp³-hybridized carbons (Fsp3) is 0.273. The van der Waals surface area contributed by atoms with E-state index < -0.39 is 0 Å². The van der Waals surface area contributed by atoms with Crippen molar-refractivity contribution in [3.05, 3.63) is 65.6 Å². The first-order valence-electron chi connectivity index (χ1n) is 10.1. The first-order valence-corrected chi connectivity index (χ1v) is 11.0. The van der Waals surface area contributed by atoms with Crippen molar-refractivity contribution in [2.24, 2.45) is 0 Å². The Morgan fingerprint density at radius 3 is 2.48 bits per heavy atom. The second-order valence-corrected chi connectivity index (χ2v) is 8.36. The lowest BCUT2D eigenvalue weighted by atomic mass is 10.1. The number of hydrogen-bond donors (Lipinski definition) is 0. The number of halogens is 1. The molecule has 4 heterocycles.